The Morgan fingerprint density at radius 2 is 2.50 bits per heavy atom. The summed E-state index contributed by atoms with van der Waals surface area (Å²) in [6.07, 6.45) is 2.47. The van der Waals surface area contributed by atoms with E-state index in [0.29, 0.717) is 19.3 Å². The Balaban J connectivity index is 2.56. The predicted molar refractivity (Wildman–Crippen MR) is 34.9 cm³/mol. The molecule has 0 bridgehead atoms. The van der Waals surface area contributed by atoms with Gasteiger partial charge in [0.2, 0.25) is 5.70 Å². The van der Waals surface area contributed by atoms with Crippen LogP contribution < -0.4 is 0 Å². The first-order valence-electron chi connectivity index (χ1n) is 3.21. The Kier molecular flexibility index (Phi) is 2.01. The summed E-state index contributed by atoms with van der Waals surface area (Å²) in [5.74, 6) is 0. The van der Waals surface area contributed by atoms with Crippen LogP contribution in [0.25, 0.3) is 0 Å². The van der Waals surface area contributed by atoms with E-state index in [-0.39, 0.29) is 16.7 Å². The SMILES string of the molecule is O=[N+]([O-])C1=CC[C@@H](O)CC1. The van der Waals surface area contributed by atoms with Gasteiger partial charge in [-0.3, -0.25) is 10.1 Å². The molecular formula is C6H9NO3. The summed E-state index contributed by atoms with van der Waals surface area (Å²) < 4.78 is 0. The molecule has 0 aromatic heterocycles. The van der Waals surface area contributed by atoms with Crippen molar-refractivity contribution in [3.05, 3.63) is 21.9 Å². The first-order chi connectivity index (χ1) is 4.70. The van der Waals surface area contributed by atoms with Crippen LogP contribution in [0.1, 0.15) is 19.3 Å². The maximum absolute atomic E-state index is 10.1. The van der Waals surface area contributed by atoms with Crippen molar-refractivity contribution in [3.8, 4) is 0 Å². The topological polar surface area (TPSA) is 63.4 Å². The fourth-order valence-electron chi connectivity index (χ4n) is 0.972. The molecule has 0 amide bonds. The second-order valence-corrected chi connectivity index (χ2v) is 2.38. The first-order valence-corrected chi connectivity index (χ1v) is 3.21. The molecule has 1 aliphatic rings. The van der Waals surface area contributed by atoms with Gasteiger partial charge in [0.1, 0.15) is 0 Å². The number of hydrogen-bond acceptors (Lipinski definition) is 3. The highest BCUT2D eigenvalue weighted by Gasteiger charge is 2.18. The van der Waals surface area contributed by atoms with E-state index in [0.717, 1.165) is 0 Å². The number of aliphatic hydroxyl groups excluding tert-OH is 1. The van der Waals surface area contributed by atoms with Crippen molar-refractivity contribution in [1.29, 1.82) is 0 Å². The average Bonchev–Trinajstić information content (AvgIpc) is 1.88. The van der Waals surface area contributed by atoms with Crippen LogP contribution in [0.4, 0.5) is 0 Å². The molecule has 10 heavy (non-hydrogen) atoms. The van der Waals surface area contributed by atoms with Gasteiger partial charge in [-0.05, 0) is 18.9 Å². The Morgan fingerprint density at radius 3 is 2.90 bits per heavy atom. The molecular weight excluding hydrogens is 134 g/mol. The van der Waals surface area contributed by atoms with Crippen LogP contribution in [-0.4, -0.2) is 16.1 Å². The number of aliphatic hydroxyl groups is 1. The van der Waals surface area contributed by atoms with Gasteiger partial charge in [0, 0.05) is 6.42 Å². The zero-order valence-electron chi connectivity index (χ0n) is 5.49. The highest BCUT2D eigenvalue weighted by Crippen LogP contribution is 2.17. The molecule has 1 atom stereocenters. The summed E-state index contributed by atoms with van der Waals surface area (Å²) in [5.41, 5.74) is 0.241. The molecule has 0 radical (unpaired) electrons. The standard InChI is InChI=1S/C6H9NO3/c8-6-3-1-5(2-4-6)7(9)10/h1,6,8H,2-4H2/t6-/m1/s1. The first kappa shape index (κ1) is 7.21. The summed E-state index contributed by atoms with van der Waals surface area (Å²) >= 11 is 0. The van der Waals surface area contributed by atoms with E-state index >= 15 is 0 Å². The third kappa shape index (κ3) is 1.54. The Hall–Kier alpha value is -0.900. The van der Waals surface area contributed by atoms with E-state index in [9.17, 15) is 10.1 Å². The van der Waals surface area contributed by atoms with Gasteiger partial charge >= 0.3 is 0 Å². The van der Waals surface area contributed by atoms with Gasteiger partial charge in [-0.15, -0.1) is 0 Å². The molecule has 0 fully saturated rings. The highest BCUT2D eigenvalue weighted by molar-refractivity contribution is 4.97. The van der Waals surface area contributed by atoms with E-state index in [1.165, 1.54) is 6.08 Å². The number of nitrogens with zero attached hydrogens (tertiary/aromatic N) is 1. The summed E-state index contributed by atoms with van der Waals surface area (Å²) in [6.45, 7) is 0. The third-order valence-electron chi connectivity index (χ3n) is 1.59. The lowest BCUT2D eigenvalue weighted by Crippen LogP contribution is -2.13. The molecule has 1 rings (SSSR count). The predicted octanol–water partition coefficient (Wildman–Crippen LogP) is 0.692. The van der Waals surface area contributed by atoms with E-state index in [4.69, 9.17) is 5.11 Å². The number of nitro groups is 1. The van der Waals surface area contributed by atoms with Crippen molar-refractivity contribution >= 4 is 0 Å². The van der Waals surface area contributed by atoms with Gasteiger partial charge in [-0.25, -0.2) is 0 Å². The van der Waals surface area contributed by atoms with Gasteiger partial charge in [-0.2, -0.15) is 0 Å². The second-order valence-electron chi connectivity index (χ2n) is 2.38. The van der Waals surface area contributed by atoms with Crippen LogP contribution in [0, 0.1) is 10.1 Å². The van der Waals surface area contributed by atoms with Crippen molar-refractivity contribution in [2.75, 3.05) is 0 Å². The molecule has 0 saturated heterocycles. The van der Waals surface area contributed by atoms with E-state index < -0.39 is 0 Å². The molecule has 0 aliphatic heterocycles. The molecule has 0 aromatic rings. The van der Waals surface area contributed by atoms with Crippen molar-refractivity contribution in [2.24, 2.45) is 0 Å². The molecule has 56 valence electrons. The minimum atomic E-state index is -0.383. The zero-order chi connectivity index (χ0) is 7.56. The van der Waals surface area contributed by atoms with Gasteiger partial charge in [0.15, 0.2) is 0 Å². The third-order valence-corrected chi connectivity index (χ3v) is 1.59. The largest absolute Gasteiger partial charge is 0.393 e. The molecule has 0 unspecified atom stereocenters. The van der Waals surface area contributed by atoms with Crippen molar-refractivity contribution in [1.82, 2.24) is 0 Å². The van der Waals surface area contributed by atoms with E-state index in [2.05, 4.69) is 0 Å². The summed E-state index contributed by atoms with van der Waals surface area (Å²) in [7, 11) is 0. The van der Waals surface area contributed by atoms with Crippen LogP contribution in [-0.2, 0) is 0 Å². The van der Waals surface area contributed by atoms with Gasteiger partial charge in [-0.1, -0.05) is 0 Å². The lowest BCUT2D eigenvalue weighted by molar-refractivity contribution is -0.429. The maximum Gasteiger partial charge on any atom is 0.242 e. The maximum atomic E-state index is 10.1. The molecule has 1 aliphatic carbocycles. The normalized spacial score (nSPS) is 25.7. The van der Waals surface area contributed by atoms with Crippen LogP contribution in [0.15, 0.2) is 11.8 Å². The molecule has 1 N–H and O–H groups in total. The molecule has 4 heteroatoms. The number of hydrogen-bond donors (Lipinski definition) is 1. The van der Waals surface area contributed by atoms with Crippen molar-refractivity contribution < 1.29 is 10.0 Å². The fourth-order valence-corrected chi connectivity index (χ4v) is 0.972. The number of rotatable bonds is 1. The highest BCUT2D eigenvalue weighted by atomic mass is 16.6. The molecule has 0 saturated carbocycles. The second kappa shape index (κ2) is 2.79. The van der Waals surface area contributed by atoms with Crippen LogP contribution >= 0.6 is 0 Å². The van der Waals surface area contributed by atoms with Gasteiger partial charge < -0.3 is 5.11 Å². The smallest absolute Gasteiger partial charge is 0.242 e. The van der Waals surface area contributed by atoms with Crippen LogP contribution in [0.2, 0.25) is 0 Å². The van der Waals surface area contributed by atoms with E-state index in [1.807, 2.05) is 0 Å². The minimum absolute atomic E-state index is 0.241. The van der Waals surface area contributed by atoms with Crippen LogP contribution in [0.5, 0.6) is 0 Å². The number of allylic oxidation sites excluding steroid dienone is 1. The Bertz CT molecular complexity index is 176. The van der Waals surface area contributed by atoms with Gasteiger partial charge in [0.25, 0.3) is 0 Å². The summed E-state index contributed by atoms with van der Waals surface area (Å²) in [5, 5.41) is 19.1. The molecule has 0 heterocycles. The van der Waals surface area contributed by atoms with Crippen molar-refractivity contribution in [2.45, 2.75) is 25.4 Å². The summed E-state index contributed by atoms with van der Waals surface area (Å²) in [6, 6.07) is 0. The monoisotopic (exact) mass is 143 g/mol. The Morgan fingerprint density at radius 1 is 1.80 bits per heavy atom. The fraction of sp³-hybridized carbons (Fsp3) is 0.667. The quantitative estimate of drug-likeness (QED) is 0.434. The lowest BCUT2D eigenvalue weighted by atomic mass is 10.0. The van der Waals surface area contributed by atoms with E-state index in [1.54, 1.807) is 0 Å². The zero-order valence-corrected chi connectivity index (χ0v) is 5.49. The van der Waals surface area contributed by atoms with Crippen LogP contribution in [0.3, 0.4) is 0 Å². The Labute approximate surface area is 58.3 Å². The molecule has 4 nitrogen and oxygen atoms in total. The molecule has 0 aromatic carbocycles. The van der Waals surface area contributed by atoms with Gasteiger partial charge in [0.05, 0.1) is 11.0 Å². The minimum Gasteiger partial charge on any atom is -0.393 e. The summed E-state index contributed by atoms with van der Waals surface area (Å²) in [4.78, 5) is 9.73. The average molecular weight is 143 g/mol. The molecule has 0 spiro atoms. The van der Waals surface area contributed by atoms with Crippen molar-refractivity contribution in [3.63, 3.8) is 0 Å². The lowest BCUT2D eigenvalue weighted by Gasteiger charge is -2.10.